The number of hydrogen-bond acceptors (Lipinski definition) is 7. The summed E-state index contributed by atoms with van der Waals surface area (Å²) in [6, 6.07) is 12.4. The summed E-state index contributed by atoms with van der Waals surface area (Å²) < 4.78 is 12.5. The first-order valence-electron chi connectivity index (χ1n) is 12.9. The molecule has 0 saturated carbocycles. The number of phenols is 1. The number of carbonyl (C=O) groups is 1. The Morgan fingerprint density at radius 2 is 1.87 bits per heavy atom. The zero-order valence-corrected chi connectivity index (χ0v) is 25.1. The molecule has 3 heterocycles. The molecule has 38 heavy (non-hydrogen) atoms. The fourth-order valence-electron chi connectivity index (χ4n) is 4.94. The average molecular weight is 665 g/mol. The quantitative estimate of drug-likeness (QED) is 0.321. The molecule has 0 bridgehead atoms. The summed E-state index contributed by atoms with van der Waals surface area (Å²) in [7, 11) is 0. The first-order valence-corrected chi connectivity index (χ1v) is 15.3. The highest BCUT2D eigenvalue weighted by Gasteiger charge is 2.26. The summed E-state index contributed by atoms with van der Waals surface area (Å²) in [5, 5.41) is 12.9. The van der Waals surface area contributed by atoms with E-state index in [4.69, 9.17) is 14.5 Å². The molecule has 2 aliphatic heterocycles. The van der Waals surface area contributed by atoms with Gasteiger partial charge >= 0.3 is 0 Å². The van der Waals surface area contributed by atoms with E-state index in [1.165, 1.54) is 16.9 Å². The molecule has 0 atom stereocenters. The van der Waals surface area contributed by atoms with Crippen LogP contribution in [0, 0.1) is 5.92 Å². The number of morpholine rings is 1. The van der Waals surface area contributed by atoms with Crippen LogP contribution in [0.25, 0.3) is 11.3 Å². The van der Waals surface area contributed by atoms with Crippen molar-refractivity contribution in [1.29, 1.82) is 0 Å². The molecule has 7 nitrogen and oxygen atoms in total. The first-order chi connectivity index (χ1) is 18.5. The molecule has 0 spiro atoms. The number of carbonyl (C=O) groups excluding carboxylic acids is 1. The van der Waals surface area contributed by atoms with E-state index >= 15 is 0 Å². The molecule has 2 aromatic carbocycles. The predicted molar refractivity (Wildman–Crippen MR) is 155 cm³/mol. The summed E-state index contributed by atoms with van der Waals surface area (Å²) in [4.78, 5) is 22.2. The standard InChI is InChI=1S/C28H31Br2N3O4S/c29-23-15-21(22(25(30)26(23)34)16-37-18-32-10-12-36-13-11-32)24-17-38-27(31-24)28(35)33-8-6-20(7-9-33)14-19-4-2-1-3-5-19/h1-5,15,17,20,34H,6-14,16,18H2. The van der Waals surface area contributed by atoms with Crippen molar-refractivity contribution in [1.82, 2.24) is 14.8 Å². The van der Waals surface area contributed by atoms with E-state index in [2.05, 4.69) is 61.0 Å². The van der Waals surface area contributed by atoms with Crippen molar-refractivity contribution in [2.24, 2.45) is 5.92 Å². The molecule has 1 aromatic heterocycles. The maximum absolute atomic E-state index is 13.3. The summed E-state index contributed by atoms with van der Waals surface area (Å²) in [5.74, 6) is 0.699. The van der Waals surface area contributed by atoms with Crippen LogP contribution in [0.15, 0.2) is 50.7 Å². The Hall–Kier alpha value is -1.82. The number of phenolic OH excluding ortho intramolecular Hbond substituents is 1. The molecular weight excluding hydrogens is 634 g/mol. The Balaban J connectivity index is 1.25. The highest BCUT2D eigenvalue weighted by molar-refractivity contribution is 9.11. The van der Waals surface area contributed by atoms with Crippen LogP contribution in [0.3, 0.4) is 0 Å². The number of hydrogen-bond donors (Lipinski definition) is 1. The summed E-state index contributed by atoms with van der Waals surface area (Å²) >= 11 is 8.35. The Labute approximate surface area is 244 Å². The SMILES string of the molecule is O=C(c1nc(-c2cc(Br)c(O)c(Br)c2COCN2CCOCC2)cs1)N1CCC(Cc2ccccc2)CC1. The number of benzene rings is 2. The van der Waals surface area contributed by atoms with Crippen LogP contribution in [0.2, 0.25) is 0 Å². The third-order valence-corrected chi connectivity index (χ3v) is 9.44. The molecule has 1 N–H and O–H groups in total. The van der Waals surface area contributed by atoms with Crippen LogP contribution in [0.5, 0.6) is 5.75 Å². The van der Waals surface area contributed by atoms with E-state index in [-0.39, 0.29) is 11.7 Å². The van der Waals surface area contributed by atoms with Gasteiger partial charge in [-0.15, -0.1) is 11.3 Å². The maximum atomic E-state index is 13.3. The molecule has 0 aliphatic carbocycles. The first kappa shape index (κ1) is 27.7. The van der Waals surface area contributed by atoms with Crippen LogP contribution in [-0.2, 0) is 22.5 Å². The van der Waals surface area contributed by atoms with Crippen LogP contribution in [-0.4, -0.2) is 71.9 Å². The lowest BCUT2D eigenvalue weighted by atomic mass is 9.90. The lowest BCUT2D eigenvalue weighted by molar-refractivity contribution is -0.0379. The number of piperidine rings is 1. The molecule has 202 valence electrons. The second-order valence-electron chi connectivity index (χ2n) is 9.72. The van der Waals surface area contributed by atoms with Gasteiger partial charge < -0.3 is 19.5 Å². The van der Waals surface area contributed by atoms with Crippen molar-refractivity contribution < 1.29 is 19.4 Å². The lowest BCUT2D eigenvalue weighted by Gasteiger charge is -2.31. The molecule has 0 unspecified atom stereocenters. The molecule has 2 fully saturated rings. The smallest absolute Gasteiger partial charge is 0.282 e. The van der Waals surface area contributed by atoms with E-state index in [0.29, 0.717) is 52.1 Å². The van der Waals surface area contributed by atoms with E-state index in [9.17, 15) is 9.90 Å². The van der Waals surface area contributed by atoms with Gasteiger partial charge in [0.25, 0.3) is 5.91 Å². The zero-order chi connectivity index (χ0) is 26.5. The Morgan fingerprint density at radius 3 is 2.61 bits per heavy atom. The van der Waals surface area contributed by atoms with Gasteiger partial charge in [-0.05, 0) is 68.7 Å². The maximum Gasteiger partial charge on any atom is 0.282 e. The predicted octanol–water partition coefficient (Wildman–Crippen LogP) is 5.94. The summed E-state index contributed by atoms with van der Waals surface area (Å²) in [6.45, 7) is 5.36. The number of aromatic nitrogens is 1. The van der Waals surface area contributed by atoms with Gasteiger partial charge in [0, 0.05) is 42.7 Å². The van der Waals surface area contributed by atoms with Crippen LogP contribution in [0.1, 0.15) is 33.8 Å². The van der Waals surface area contributed by atoms with Gasteiger partial charge in [-0.2, -0.15) is 0 Å². The number of likely N-dealkylation sites (tertiary alicyclic amines) is 1. The minimum absolute atomic E-state index is 0.0126. The highest BCUT2D eigenvalue weighted by atomic mass is 79.9. The zero-order valence-electron chi connectivity index (χ0n) is 21.1. The fraction of sp³-hybridized carbons (Fsp3) is 0.429. The molecular formula is C28H31Br2N3O4S. The van der Waals surface area contributed by atoms with Crippen molar-refractivity contribution in [2.75, 3.05) is 46.1 Å². The Kier molecular flexibility index (Phi) is 9.50. The van der Waals surface area contributed by atoms with E-state index < -0.39 is 0 Å². The number of halogens is 2. The number of rotatable bonds is 8. The average Bonchev–Trinajstić information content (AvgIpc) is 3.44. The van der Waals surface area contributed by atoms with Crippen LogP contribution >= 0.6 is 43.2 Å². The number of thiazole rings is 1. The Bertz CT molecular complexity index is 1240. The number of aromatic hydroxyl groups is 1. The van der Waals surface area contributed by atoms with Gasteiger partial charge in [0.1, 0.15) is 5.75 Å². The summed E-state index contributed by atoms with van der Waals surface area (Å²) in [6.07, 6.45) is 3.06. The van der Waals surface area contributed by atoms with E-state index in [1.54, 1.807) is 0 Å². The van der Waals surface area contributed by atoms with E-state index in [1.807, 2.05) is 22.4 Å². The number of nitrogens with zero attached hydrogens (tertiary/aromatic N) is 3. The van der Waals surface area contributed by atoms with E-state index in [0.717, 1.165) is 56.6 Å². The monoisotopic (exact) mass is 663 g/mol. The van der Waals surface area contributed by atoms with Gasteiger partial charge in [0.2, 0.25) is 0 Å². The lowest BCUT2D eigenvalue weighted by Crippen LogP contribution is -2.38. The van der Waals surface area contributed by atoms with Gasteiger partial charge in [0.15, 0.2) is 5.01 Å². The van der Waals surface area contributed by atoms with Gasteiger partial charge in [-0.1, -0.05) is 30.3 Å². The molecule has 3 aromatic rings. The van der Waals surface area contributed by atoms with Crippen LogP contribution in [0.4, 0.5) is 0 Å². The number of amides is 1. The third kappa shape index (κ3) is 6.66. The molecule has 0 radical (unpaired) electrons. The molecule has 5 rings (SSSR count). The van der Waals surface area contributed by atoms with Crippen LogP contribution < -0.4 is 0 Å². The van der Waals surface area contributed by atoms with Crippen molar-refractivity contribution in [3.05, 3.63) is 66.9 Å². The summed E-state index contributed by atoms with van der Waals surface area (Å²) in [5.41, 5.74) is 3.67. The van der Waals surface area contributed by atoms with Gasteiger partial charge in [0.05, 0.1) is 41.2 Å². The molecule has 2 saturated heterocycles. The third-order valence-electron chi connectivity index (χ3n) is 7.15. The second kappa shape index (κ2) is 13.0. The minimum Gasteiger partial charge on any atom is -0.506 e. The highest BCUT2D eigenvalue weighted by Crippen LogP contribution is 2.41. The fourth-order valence-corrected chi connectivity index (χ4v) is 6.96. The largest absolute Gasteiger partial charge is 0.506 e. The van der Waals surface area contributed by atoms with Crippen molar-refractivity contribution >= 4 is 49.1 Å². The second-order valence-corrected chi connectivity index (χ2v) is 12.2. The van der Waals surface area contributed by atoms with Gasteiger partial charge in [-0.25, -0.2) is 4.98 Å². The van der Waals surface area contributed by atoms with Crippen molar-refractivity contribution in [2.45, 2.75) is 25.9 Å². The Morgan fingerprint density at radius 1 is 1.13 bits per heavy atom. The number of ether oxygens (including phenoxy) is 2. The normalized spacial score (nSPS) is 17.2. The van der Waals surface area contributed by atoms with Crippen molar-refractivity contribution in [3.63, 3.8) is 0 Å². The molecule has 2 aliphatic rings. The molecule has 10 heteroatoms. The van der Waals surface area contributed by atoms with Crippen molar-refractivity contribution in [3.8, 4) is 17.0 Å². The van der Waals surface area contributed by atoms with Gasteiger partial charge in [-0.3, -0.25) is 9.69 Å². The molecule has 1 amide bonds. The topological polar surface area (TPSA) is 75.1 Å². The minimum atomic E-state index is -0.0126.